The molecule has 1 aromatic carbocycles. The van der Waals surface area contributed by atoms with Crippen LogP contribution >= 0.6 is 0 Å². The fourth-order valence-corrected chi connectivity index (χ4v) is 3.36. The van der Waals surface area contributed by atoms with Crippen molar-refractivity contribution < 1.29 is 17.6 Å². The summed E-state index contributed by atoms with van der Waals surface area (Å²) in [7, 11) is -3.32. The van der Waals surface area contributed by atoms with E-state index in [4.69, 9.17) is 4.42 Å². The Bertz CT molecular complexity index is 916. The molecule has 7 nitrogen and oxygen atoms in total. The minimum Gasteiger partial charge on any atom is -0.467 e. The highest BCUT2D eigenvalue weighted by Gasteiger charge is 2.35. The van der Waals surface area contributed by atoms with Crippen molar-refractivity contribution >= 4 is 27.3 Å². The van der Waals surface area contributed by atoms with E-state index in [0.717, 1.165) is 17.5 Å². The Morgan fingerprint density at radius 1 is 1.27 bits per heavy atom. The van der Waals surface area contributed by atoms with E-state index in [0.29, 0.717) is 17.9 Å². The van der Waals surface area contributed by atoms with E-state index in [1.54, 1.807) is 36.6 Å². The van der Waals surface area contributed by atoms with E-state index < -0.39 is 10.0 Å². The van der Waals surface area contributed by atoms with Crippen LogP contribution in [-0.2, 0) is 14.8 Å². The number of sulfonamides is 1. The lowest BCUT2D eigenvalue weighted by Crippen LogP contribution is -2.30. The third-order valence-electron chi connectivity index (χ3n) is 4.02. The number of hydrogen-bond donors (Lipinski definition) is 1. The lowest BCUT2D eigenvalue weighted by Gasteiger charge is -2.21. The number of hydrogen-bond acceptors (Lipinski definition) is 5. The molecule has 0 spiro atoms. The number of hydrazone groups is 1. The molecule has 1 aliphatic heterocycles. The zero-order valence-electron chi connectivity index (χ0n) is 14.8. The highest BCUT2D eigenvalue weighted by molar-refractivity contribution is 7.92. The number of nitrogens with zero attached hydrogens (tertiary/aromatic N) is 2. The van der Waals surface area contributed by atoms with Crippen LogP contribution in [0.25, 0.3) is 0 Å². The number of rotatable bonds is 5. The van der Waals surface area contributed by atoms with Gasteiger partial charge in [0.1, 0.15) is 11.8 Å². The topological polar surface area (TPSA) is 92.0 Å². The third kappa shape index (κ3) is 3.96. The van der Waals surface area contributed by atoms with Crippen LogP contribution in [-0.4, -0.2) is 31.3 Å². The molecular weight excluding hydrogens is 354 g/mol. The molecule has 0 bridgehead atoms. The molecule has 0 radical (unpaired) electrons. The molecule has 0 saturated heterocycles. The zero-order chi connectivity index (χ0) is 18.9. The zero-order valence-corrected chi connectivity index (χ0v) is 15.7. The van der Waals surface area contributed by atoms with Gasteiger partial charge in [0.2, 0.25) is 15.9 Å². The maximum absolute atomic E-state index is 12.5. The summed E-state index contributed by atoms with van der Waals surface area (Å²) in [6.07, 6.45) is 3.22. The van der Waals surface area contributed by atoms with Crippen molar-refractivity contribution in [2.75, 3.05) is 11.0 Å². The molecule has 1 amide bonds. The standard InChI is InChI=1S/C18H21N3O4S/c1-12(2)18(22)21-16(17-5-4-10-25-17)11-15(19-21)13-6-8-14(9-7-13)20-26(3,23)24/h4-10,12,16,20H,11H2,1-3H3. The molecule has 3 rings (SSSR count). The summed E-state index contributed by atoms with van der Waals surface area (Å²) in [6.45, 7) is 3.67. The van der Waals surface area contributed by atoms with Gasteiger partial charge in [0.25, 0.3) is 0 Å². The molecule has 1 aliphatic rings. The number of furan rings is 1. The summed E-state index contributed by atoms with van der Waals surface area (Å²) in [5.41, 5.74) is 2.07. The molecule has 8 heteroatoms. The molecule has 1 atom stereocenters. The highest BCUT2D eigenvalue weighted by atomic mass is 32.2. The smallest absolute Gasteiger partial charge is 0.245 e. The van der Waals surface area contributed by atoms with Gasteiger partial charge >= 0.3 is 0 Å². The summed E-state index contributed by atoms with van der Waals surface area (Å²) < 4.78 is 30.5. The Morgan fingerprint density at radius 2 is 1.96 bits per heavy atom. The average molecular weight is 375 g/mol. The van der Waals surface area contributed by atoms with Crippen LogP contribution < -0.4 is 4.72 Å². The van der Waals surface area contributed by atoms with Crippen LogP contribution in [0.2, 0.25) is 0 Å². The number of anilines is 1. The van der Waals surface area contributed by atoms with E-state index in [1.807, 2.05) is 19.9 Å². The summed E-state index contributed by atoms with van der Waals surface area (Å²) in [4.78, 5) is 12.5. The molecule has 1 aromatic heterocycles. The normalized spacial score (nSPS) is 17.5. The number of benzene rings is 1. The van der Waals surface area contributed by atoms with Crippen molar-refractivity contribution in [1.29, 1.82) is 0 Å². The molecule has 2 heterocycles. The van der Waals surface area contributed by atoms with Gasteiger partial charge in [0, 0.05) is 18.0 Å². The first-order valence-corrected chi connectivity index (χ1v) is 10.2. The maximum atomic E-state index is 12.5. The van der Waals surface area contributed by atoms with Gasteiger partial charge in [-0.2, -0.15) is 5.10 Å². The highest BCUT2D eigenvalue weighted by Crippen LogP contribution is 2.34. The van der Waals surface area contributed by atoms with Crippen molar-refractivity contribution in [3.8, 4) is 0 Å². The van der Waals surface area contributed by atoms with Crippen molar-refractivity contribution in [3.63, 3.8) is 0 Å². The Hall–Kier alpha value is -2.61. The van der Waals surface area contributed by atoms with E-state index in [2.05, 4.69) is 9.82 Å². The molecule has 0 aliphatic carbocycles. The van der Waals surface area contributed by atoms with Crippen molar-refractivity contribution in [3.05, 3.63) is 54.0 Å². The number of carbonyl (C=O) groups excluding carboxylic acids is 1. The fourth-order valence-electron chi connectivity index (χ4n) is 2.80. The first-order valence-electron chi connectivity index (χ1n) is 8.27. The first-order chi connectivity index (χ1) is 12.2. The molecular formula is C18H21N3O4S. The van der Waals surface area contributed by atoms with Crippen LogP contribution in [0, 0.1) is 5.92 Å². The lowest BCUT2D eigenvalue weighted by atomic mass is 10.0. The first kappa shape index (κ1) is 18.2. The fraction of sp³-hybridized carbons (Fsp3) is 0.333. The summed E-state index contributed by atoms with van der Waals surface area (Å²) in [5.74, 6) is 0.432. The largest absolute Gasteiger partial charge is 0.467 e. The predicted molar refractivity (Wildman–Crippen MR) is 99.2 cm³/mol. The molecule has 0 saturated carbocycles. The summed E-state index contributed by atoms with van der Waals surface area (Å²) >= 11 is 0. The minimum absolute atomic E-state index is 0.0724. The van der Waals surface area contributed by atoms with Crippen LogP contribution in [0.1, 0.15) is 37.6 Å². The lowest BCUT2D eigenvalue weighted by molar-refractivity contribution is -0.136. The second-order valence-electron chi connectivity index (χ2n) is 6.57. The average Bonchev–Trinajstić information content (AvgIpc) is 3.22. The Morgan fingerprint density at radius 3 is 2.50 bits per heavy atom. The number of carbonyl (C=O) groups is 1. The van der Waals surface area contributed by atoms with Gasteiger partial charge < -0.3 is 4.42 Å². The Balaban J connectivity index is 1.87. The molecule has 2 aromatic rings. The van der Waals surface area contributed by atoms with Crippen LogP contribution in [0.3, 0.4) is 0 Å². The van der Waals surface area contributed by atoms with Crippen molar-refractivity contribution in [2.45, 2.75) is 26.3 Å². The quantitative estimate of drug-likeness (QED) is 0.869. The van der Waals surface area contributed by atoms with Crippen molar-refractivity contribution in [1.82, 2.24) is 5.01 Å². The van der Waals surface area contributed by atoms with E-state index in [-0.39, 0.29) is 17.9 Å². The van der Waals surface area contributed by atoms with E-state index in [9.17, 15) is 13.2 Å². The molecule has 1 unspecified atom stereocenters. The molecule has 1 N–H and O–H groups in total. The number of amides is 1. The predicted octanol–water partition coefficient (Wildman–Crippen LogP) is 2.98. The van der Waals surface area contributed by atoms with Gasteiger partial charge in [-0.05, 0) is 29.8 Å². The minimum atomic E-state index is -3.32. The molecule has 0 fully saturated rings. The molecule has 26 heavy (non-hydrogen) atoms. The molecule has 138 valence electrons. The third-order valence-corrected chi connectivity index (χ3v) is 4.63. The van der Waals surface area contributed by atoms with Gasteiger partial charge in [0.15, 0.2) is 0 Å². The van der Waals surface area contributed by atoms with Gasteiger partial charge in [-0.25, -0.2) is 13.4 Å². The van der Waals surface area contributed by atoms with E-state index in [1.165, 1.54) is 5.01 Å². The van der Waals surface area contributed by atoms with Gasteiger partial charge in [-0.3, -0.25) is 9.52 Å². The second kappa shape index (κ2) is 6.95. The van der Waals surface area contributed by atoms with E-state index >= 15 is 0 Å². The SMILES string of the molecule is CC(C)C(=O)N1N=C(c2ccc(NS(C)(=O)=O)cc2)CC1c1ccco1. The van der Waals surface area contributed by atoms with Gasteiger partial charge in [-0.1, -0.05) is 26.0 Å². The monoisotopic (exact) mass is 375 g/mol. The van der Waals surface area contributed by atoms with Gasteiger partial charge in [0.05, 0.1) is 18.2 Å². The Labute approximate surface area is 152 Å². The van der Waals surface area contributed by atoms with Crippen LogP contribution in [0.5, 0.6) is 0 Å². The number of nitrogens with one attached hydrogen (secondary N) is 1. The Kier molecular flexibility index (Phi) is 4.86. The van der Waals surface area contributed by atoms with Gasteiger partial charge in [-0.15, -0.1) is 0 Å². The maximum Gasteiger partial charge on any atom is 0.245 e. The van der Waals surface area contributed by atoms with Crippen LogP contribution in [0.15, 0.2) is 52.2 Å². The van der Waals surface area contributed by atoms with Crippen LogP contribution in [0.4, 0.5) is 5.69 Å². The second-order valence-corrected chi connectivity index (χ2v) is 8.32. The van der Waals surface area contributed by atoms with Crippen molar-refractivity contribution in [2.24, 2.45) is 11.0 Å². The summed E-state index contributed by atoms with van der Waals surface area (Å²) in [5, 5.41) is 6.01. The summed E-state index contributed by atoms with van der Waals surface area (Å²) in [6, 6.07) is 10.3.